The Morgan fingerprint density at radius 2 is 1.54 bits per heavy atom. The van der Waals surface area contributed by atoms with Crippen molar-refractivity contribution in [3.8, 4) is 0 Å². The highest BCUT2D eigenvalue weighted by Gasteiger charge is 2.38. The van der Waals surface area contributed by atoms with E-state index in [-0.39, 0.29) is 0 Å². The molecule has 1 aromatic rings. The van der Waals surface area contributed by atoms with E-state index in [1.54, 1.807) is 4.90 Å². The highest BCUT2D eigenvalue weighted by atomic mass is 32.2. The van der Waals surface area contributed by atoms with Crippen LogP contribution in [-0.4, -0.2) is 37.6 Å². The maximum absolute atomic E-state index is 13.9. The average molecular weight is 359 g/mol. The second-order valence-electron chi connectivity index (χ2n) is 6.25. The predicted octanol–water partition coefficient (Wildman–Crippen LogP) is 3.23. The van der Waals surface area contributed by atoms with Gasteiger partial charge in [0.2, 0.25) is 5.91 Å². The molecule has 2 atom stereocenters. The maximum Gasteiger partial charge on any atom is 0.240 e. The number of benzene rings is 1. The van der Waals surface area contributed by atoms with Crippen molar-refractivity contribution in [2.75, 3.05) is 13.1 Å². The van der Waals surface area contributed by atoms with E-state index in [4.69, 9.17) is 0 Å². The summed E-state index contributed by atoms with van der Waals surface area (Å²) >= 11 is 0. The summed E-state index contributed by atoms with van der Waals surface area (Å²) in [4.78, 5) is 14.1. The number of hydrogen-bond acceptors (Lipinski definition) is 3. The first-order valence-corrected chi connectivity index (χ1v) is 9.83. The molecule has 1 fully saturated rings. The Morgan fingerprint density at radius 3 is 2.04 bits per heavy atom. The van der Waals surface area contributed by atoms with Gasteiger partial charge in [0.25, 0.3) is 0 Å². The molecule has 1 heterocycles. The summed E-state index contributed by atoms with van der Waals surface area (Å²) in [7, 11) is -4.07. The zero-order valence-corrected chi connectivity index (χ0v) is 14.8. The van der Waals surface area contributed by atoms with Gasteiger partial charge in [-0.25, -0.2) is 17.2 Å². The molecule has 0 N–H and O–H groups in total. The van der Waals surface area contributed by atoms with Crippen LogP contribution >= 0.6 is 0 Å². The van der Waals surface area contributed by atoms with Crippen molar-refractivity contribution in [1.82, 2.24) is 4.90 Å². The van der Waals surface area contributed by atoms with E-state index in [1.807, 2.05) is 0 Å². The number of rotatable bonds is 4. The van der Waals surface area contributed by atoms with Gasteiger partial charge < -0.3 is 4.90 Å². The highest BCUT2D eigenvalue weighted by Crippen LogP contribution is 2.30. The van der Waals surface area contributed by atoms with Crippen molar-refractivity contribution in [3.63, 3.8) is 0 Å². The fraction of sp³-hybridized carbons (Fsp3) is 0.588. The molecular formula is C17H23F2NO3S. The van der Waals surface area contributed by atoms with Crippen LogP contribution in [0.4, 0.5) is 8.78 Å². The lowest BCUT2D eigenvalue weighted by atomic mass is 10.1. The van der Waals surface area contributed by atoms with Crippen LogP contribution in [0, 0.1) is 11.6 Å². The van der Waals surface area contributed by atoms with E-state index in [9.17, 15) is 22.0 Å². The van der Waals surface area contributed by atoms with Crippen LogP contribution in [0.25, 0.3) is 0 Å². The molecule has 1 saturated heterocycles. The minimum atomic E-state index is -4.07. The van der Waals surface area contributed by atoms with Crippen LogP contribution in [-0.2, 0) is 14.6 Å². The van der Waals surface area contributed by atoms with Crippen molar-refractivity contribution in [2.45, 2.75) is 50.0 Å². The van der Waals surface area contributed by atoms with Crippen LogP contribution in [0.3, 0.4) is 0 Å². The van der Waals surface area contributed by atoms with Gasteiger partial charge in [-0.1, -0.05) is 18.9 Å². The maximum atomic E-state index is 13.9. The smallest absolute Gasteiger partial charge is 0.240 e. The summed E-state index contributed by atoms with van der Waals surface area (Å²) in [6.45, 7) is 3.59. The van der Waals surface area contributed by atoms with Crippen molar-refractivity contribution in [2.24, 2.45) is 0 Å². The summed E-state index contributed by atoms with van der Waals surface area (Å²) in [5, 5.41) is -2.76. The quantitative estimate of drug-likeness (QED) is 0.829. The molecule has 1 amide bonds. The molecule has 4 nitrogen and oxygen atoms in total. The minimum absolute atomic E-state index is 0.486. The second kappa shape index (κ2) is 7.59. The monoisotopic (exact) mass is 359 g/mol. The summed E-state index contributed by atoms with van der Waals surface area (Å²) in [6.07, 6.45) is 3.72. The molecule has 2 unspecified atom stereocenters. The fourth-order valence-electron chi connectivity index (χ4n) is 3.06. The molecule has 0 aromatic heterocycles. The predicted molar refractivity (Wildman–Crippen MR) is 88.2 cm³/mol. The van der Waals surface area contributed by atoms with Gasteiger partial charge in [-0.2, -0.15) is 0 Å². The molecule has 1 aromatic carbocycles. The van der Waals surface area contributed by atoms with Crippen LogP contribution in [0.5, 0.6) is 0 Å². The lowest BCUT2D eigenvalue weighted by Crippen LogP contribution is -2.43. The summed E-state index contributed by atoms with van der Waals surface area (Å²) in [5.41, 5.74) is -0.506. The van der Waals surface area contributed by atoms with Gasteiger partial charge in [-0.05, 0) is 38.8 Å². The first kappa shape index (κ1) is 18.8. The lowest BCUT2D eigenvalue weighted by Gasteiger charge is -2.26. The number of amides is 1. The third-order valence-electron chi connectivity index (χ3n) is 4.66. The van der Waals surface area contributed by atoms with E-state index in [0.717, 1.165) is 37.8 Å². The van der Waals surface area contributed by atoms with Crippen molar-refractivity contribution in [3.05, 3.63) is 35.4 Å². The van der Waals surface area contributed by atoms with Crippen molar-refractivity contribution < 1.29 is 22.0 Å². The number of likely N-dealkylation sites (tertiary alicyclic amines) is 1. The van der Waals surface area contributed by atoms with Crippen molar-refractivity contribution >= 4 is 15.7 Å². The molecule has 1 aliphatic heterocycles. The Labute approximate surface area is 141 Å². The third-order valence-corrected chi connectivity index (χ3v) is 7.07. The summed E-state index contributed by atoms with van der Waals surface area (Å²) in [5.74, 6) is -2.32. The van der Waals surface area contributed by atoms with Gasteiger partial charge >= 0.3 is 0 Å². The average Bonchev–Trinajstić information content (AvgIpc) is 2.82. The Kier molecular flexibility index (Phi) is 5.96. The number of carbonyl (C=O) groups is 1. The Hall–Kier alpha value is -1.50. The first-order chi connectivity index (χ1) is 11.3. The zero-order valence-electron chi connectivity index (χ0n) is 14.0. The molecule has 134 valence electrons. The normalized spacial score (nSPS) is 18.8. The molecule has 0 saturated carbocycles. The first-order valence-electron chi connectivity index (χ1n) is 8.22. The molecule has 0 aliphatic carbocycles. The van der Waals surface area contributed by atoms with Gasteiger partial charge in [-0.15, -0.1) is 0 Å². The van der Waals surface area contributed by atoms with Crippen molar-refractivity contribution in [1.29, 1.82) is 0 Å². The van der Waals surface area contributed by atoms with E-state index in [2.05, 4.69) is 0 Å². The number of nitrogens with zero attached hydrogens (tertiary/aromatic N) is 1. The molecule has 7 heteroatoms. The molecule has 1 aliphatic rings. The fourth-order valence-corrected chi connectivity index (χ4v) is 4.65. The summed E-state index contributed by atoms with van der Waals surface area (Å²) < 4.78 is 53.3. The lowest BCUT2D eigenvalue weighted by molar-refractivity contribution is -0.130. The van der Waals surface area contributed by atoms with Crippen LogP contribution in [0.1, 0.15) is 50.3 Å². The largest absolute Gasteiger partial charge is 0.342 e. The topological polar surface area (TPSA) is 54.5 Å². The van der Waals surface area contributed by atoms with Crippen LogP contribution < -0.4 is 0 Å². The highest BCUT2D eigenvalue weighted by molar-refractivity contribution is 7.93. The van der Waals surface area contributed by atoms with E-state index < -0.39 is 43.4 Å². The standard InChI is InChI=1S/C17H23F2NO3S/c1-12(16-14(18)8-7-9-15(16)19)24(22,23)13(2)17(21)20-10-5-3-4-6-11-20/h7-9,12-13H,3-6,10-11H2,1-2H3. The summed E-state index contributed by atoms with van der Waals surface area (Å²) in [6, 6.07) is 3.22. The number of halogens is 2. The van der Waals surface area contributed by atoms with Gasteiger partial charge in [0.15, 0.2) is 9.84 Å². The Bertz CT molecular complexity index is 678. The third kappa shape index (κ3) is 3.77. The molecule has 0 bridgehead atoms. The molecule has 2 rings (SSSR count). The van der Waals surface area contributed by atoms with Gasteiger partial charge in [0, 0.05) is 18.7 Å². The van der Waals surface area contributed by atoms with Crippen LogP contribution in [0.15, 0.2) is 18.2 Å². The van der Waals surface area contributed by atoms with E-state index in [1.165, 1.54) is 19.9 Å². The molecular weight excluding hydrogens is 336 g/mol. The Balaban J connectivity index is 2.26. The molecule has 0 spiro atoms. The van der Waals surface area contributed by atoms with Gasteiger partial charge in [0.05, 0.1) is 5.25 Å². The molecule has 0 radical (unpaired) electrons. The number of sulfone groups is 1. The zero-order chi connectivity index (χ0) is 17.9. The van der Waals surface area contributed by atoms with E-state index >= 15 is 0 Å². The van der Waals surface area contributed by atoms with Gasteiger partial charge in [-0.3, -0.25) is 4.79 Å². The second-order valence-corrected chi connectivity index (χ2v) is 8.84. The van der Waals surface area contributed by atoms with E-state index in [0.29, 0.717) is 13.1 Å². The SMILES string of the molecule is CC(C(=O)N1CCCCCC1)S(=O)(=O)C(C)c1c(F)cccc1F. The Morgan fingerprint density at radius 1 is 1.04 bits per heavy atom. The molecule has 24 heavy (non-hydrogen) atoms. The minimum Gasteiger partial charge on any atom is -0.342 e. The number of carbonyl (C=O) groups excluding carboxylic acids is 1. The van der Waals surface area contributed by atoms with Gasteiger partial charge in [0.1, 0.15) is 16.9 Å². The van der Waals surface area contributed by atoms with Crippen LogP contribution in [0.2, 0.25) is 0 Å². The number of hydrogen-bond donors (Lipinski definition) is 0.